The number of pyridine rings is 1. The van der Waals surface area contributed by atoms with Crippen molar-refractivity contribution in [2.24, 2.45) is 0 Å². The van der Waals surface area contributed by atoms with Gasteiger partial charge in [-0.2, -0.15) is 4.73 Å². The third-order valence-electron chi connectivity index (χ3n) is 1.71. The first kappa shape index (κ1) is 9.98. The van der Waals surface area contributed by atoms with E-state index in [-0.39, 0.29) is 17.2 Å². The fourth-order valence-corrected chi connectivity index (χ4v) is 1.78. The van der Waals surface area contributed by atoms with E-state index < -0.39 is 9.84 Å². The number of aromatic nitrogens is 1. The van der Waals surface area contributed by atoms with E-state index in [1.54, 1.807) is 19.1 Å². The van der Waals surface area contributed by atoms with Crippen LogP contribution >= 0.6 is 0 Å². The summed E-state index contributed by atoms with van der Waals surface area (Å²) in [5.74, 6) is -0.129. The van der Waals surface area contributed by atoms with Crippen LogP contribution in [0.15, 0.2) is 24.4 Å². The summed E-state index contributed by atoms with van der Waals surface area (Å²) in [5.41, 5.74) is 0.268. The zero-order chi connectivity index (χ0) is 9.90. The second-order valence-corrected chi connectivity index (χ2v) is 5.05. The van der Waals surface area contributed by atoms with Crippen LogP contribution in [0.3, 0.4) is 0 Å². The van der Waals surface area contributed by atoms with Gasteiger partial charge in [0.1, 0.15) is 5.75 Å². The van der Waals surface area contributed by atoms with Crippen molar-refractivity contribution in [1.82, 2.24) is 0 Å². The van der Waals surface area contributed by atoms with Crippen LogP contribution in [0.4, 0.5) is 0 Å². The van der Waals surface area contributed by atoms with Gasteiger partial charge in [0.25, 0.3) is 0 Å². The summed E-state index contributed by atoms with van der Waals surface area (Å²) in [4.78, 5) is 0. The number of nitrogens with zero attached hydrogens (tertiary/aromatic N) is 1. The Labute approximate surface area is 77.3 Å². The Kier molecular flexibility index (Phi) is 2.87. The van der Waals surface area contributed by atoms with Gasteiger partial charge in [0.15, 0.2) is 16.0 Å². The fourth-order valence-electron chi connectivity index (χ4n) is 0.903. The van der Waals surface area contributed by atoms with Crippen LogP contribution in [0.5, 0.6) is 0 Å². The van der Waals surface area contributed by atoms with Crippen molar-refractivity contribution < 1.29 is 13.1 Å². The molecule has 0 atom stereocenters. The Morgan fingerprint density at radius 3 is 2.69 bits per heavy atom. The highest BCUT2D eigenvalue weighted by Gasteiger charge is 2.14. The number of sulfone groups is 1. The minimum absolute atomic E-state index is 0.0574. The zero-order valence-corrected chi connectivity index (χ0v) is 8.12. The van der Waals surface area contributed by atoms with Gasteiger partial charge in [-0.25, -0.2) is 8.42 Å². The van der Waals surface area contributed by atoms with Crippen molar-refractivity contribution in [3.05, 3.63) is 35.3 Å². The van der Waals surface area contributed by atoms with Crippen molar-refractivity contribution >= 4 is 9.84 Å². The lowest BCUT2D eigenvalue weighted by Crippen LogP contribution is -2.32. The normalized spacial score (nSPS) is 11.5. The summed E-state index contributed by atoms with van der Waals surface area (Å²) < 4.78 is 22.9. The maximum Gasteiger partial charge on any atom is 0.207 e. The van der Waals surface area contributed by atoms with Gasteiger partial charge in [-0.3, -0.25) is 0 Å². The van der Waals surface area contributed by atoms with Crippen molar-refractivity contribution in [1.29, 1.82) is 0 Å². The molecule has 0 amide bonds. The highest BCUT2D eigenvalue weighted by atomic mass is 32.2. The molecule has 1 rings (SSSR count). The second-order valence-electron chi connectivity index (χ2n) is 2.69. The maximum absolute atomic E-state index is 11.2. The smallest absolute Gasteiger partial charge is 0.207 e. The van der Waals surface area contributed by atoms with E-state index >= 15 is 0 Å². The van der Waals surface area contributed by atoms with Crippen LogP contribution in [-0.2, 0) is 15.6 Å². The Balaban J connectivity index is 2.93. The molecule has 0 bridgehead atoms. The summed E-state index contributed by atoms with van der Waals surface area (Å²) >= 11 is 0. The summed E-state index contributed by atoms with van der Waals surface area (Å²) in [6.45, 7) is 1.56. The van der Waals surface area contributed by atoms with Gasteiger partial charge < -0.3 is 5.21 Å². The van der Waals surface area contributed by atoms with E-state index in [1.165, 1.54) is 12.3 Å². The summed E-state index contributed by atoms with van der Waals surface area (Å²) in [6, 6.07) is 4.73. The molecule has 72 valence electrons. The van der Waals surface area contributed by atoms with Crippen LogP contribution in [0.25, 0.3) is 0 Å². The van der Waals surface area contributed by atoms with Crippen molar-refractivity contribution in [3.63, 3.8) is 0 Å². The topological polar surface area (TPSA) is 61.1 Å². The van der Waals surface area contributed by atoms with Crippen molar-refractivity contribution in [2.75, 3.05) is 5.75 Å². The molecule has 0 saturated heterocycles. The lowest BCUT2D eigenvalue weighted by atomic mass is 10.4. The van der Waals surface area contributed by atoms with Crippen LogP contribution in [-0.4, -0.2) is 14.2 Å². The van der Waals surface area contributed by atoms with Crippen molar-refractivity contribution in [3.8, 4) is 0 Å². The molecule has 0 aromatic carbocycles. The van der Waals surface area contributed by atoms with Crippen LogP contribution in [0.2, 0.25) is 0 Å². The Hall–Kier alpha value is -1.10. The third-order valence-corrected chi connectivity index (χ3v) is 3.33. The lowest BCUT2D eigenvalue weighted by molar-refractivity contribution is -0.612. The Morgan fingerprint density at radius 1 is 1.46 bits per heavy atom. The van der Waals surface area contributed by atoms with E-state index in [4.69, 9.17) is 0 Å². The molecule has 1 aromatic rings. The summed E-state index contributed by atoms with van der Waals surface area (Å²) in [5, 5.41) is 11.1. The third kappa shape index (κ3) is 2.69. The molecule has 0 radical (unpaired) electrons. The number of hydrogen-bond acceptors (Lipinski definition) is 3. The zero-order valence-electron chi connectivity index (χ0n) is 7.30. The molecule has 0 spiro atoms. The first-order valence-corrected chi connectivity index (χ1v) is 5.75. The van der Waals surface area contributed by atoms with E-state index in [2.05, 4.69) is 0 Å². The maximum atomic E-state index is 11.2. The van der Waals surface area contributed by atoms with Crippen LogP contribution in [0, 0.1) is 5.21 Å². The molecule has 0 unspecified atom stereocenters. The van der Waals surface area contributed by atoms with Gasteiger partial charge >= 0.3 is 0 Å². The minimum atomic E-state index is -3.12. The molecule has 0 saturated carbocycles. The van der Waals surface area contributed by atoms with Gasteiger partial charge in [0.05, 0.1) is 0 Å². The molecule has 0 aliphatic heterocycles. The SMILES string of the molecule is CCS(=O)(=O)Cc1cccc[n+]1[O-]. The predicted octanol–water partition coefficient (Wildman–Crippen LogP) is 0.255. The summed E-state index contributed by atoms with van der Waals surface area (Å²) in [7, 11) is -3.12. The second kappa shape index (κ2) is 3.74. The van der Waals surface area contributed by atoms with E-state index in [0.717, 1.165) is 0 Å². The molecule has 0 fully saturated rings. The van der Waals surface area contributed by atoms with E-state index in [9.17, 15) is 13.6 Å². The number of rotatable bonds is 3. The van der Waals surface area contributed by atoms with Gasteiger partial charge in [0.2, 0.25) is 5.69 Å². The Bertz CT molecular complexity index is 386. The quantitative estimate of drug-likeness (QED) is 0.520. The molecule has 13 heavy (non-hydrogen) atoms. The molecule has 1 heterocycles. The van der Waals surface area contributed by atoms with Crippen molar-refractivity contribution in [2.45, 2.75) is 12.7 Å². The first-order valence-electron chi connectivity index (χ1n) is 3.92. The van der Waals surface area contributed by atoms with E-state index in [0.29, 0.717) is 4.73 Å². The molecule has 0 N–H and O–H groups in total. The van der Waals surface area contributed by atoms with Gasteiger partial charge in [-0.1, -0.05) is 6.92 Å². The lowest BCUT2D eigenvalue weighted by Gasteiger charge is -2.02. The van der Waals surface area contributed by atoms with Gasteiger partial charge in [-0.05, 0) is 6.07 Å². The first-order chi connectivity index (χ1) is 6.05. The Morgan fingerprint density at radius 2 is 2.15 bits per heavy atom. The fraction of sp³-hybridized carbons (Fsp3) is 0.375. The predicted molar refractivity (Wildman–Crippen MR) is 48.6 cm³/mol. The summed E-state index contributed by atoms with van der Waals surface area (Å²) in [6.07, 6.45) is 1.29. The average molecular weight is 201 g/mol. The van der Waals surface area contributed by atoms with Gasteiger partial charge in [-0.15, -0.1) is 0 Å². The molecule has 4 nitrogen and oxygen atoms in total. The monoisotopic (exact) mass is 201 g/mol. The molecular formula is C8H11NO3S. The molecule has 0 aliphatic carbocycles. The molecule has 0 aliphatic rings. The average Bonchev–Trinajstić information content (AvgIpc) is 2.09. The van der Waals surface area contributed by atoms with Crippen LogP contribution in [0.1, 0.15) is 12.6 Å². The largest absolute Gasteiger partial charge is 0.618 e. The highest BCUT2D eigenvalue weighted by Crippen LogP contribution is 2.00. The van der Waals surface area contributed by atoms with E-state index in [1.807, 2.05) is 0 Å². The molecule has 5 heteroatoms. The highest BCUT2D eigenvalue weighted by molar-refractivity contribution is 7.90. The van der Waals surface area contributed by atoms with Crippen LogP contribution < -0.4 is 4.73 Å². The standard InChI is InChI=1S/C8H11NO3S/c1-2-13(11,12)7-8-5-3-4-6-9(8)10/h3-6H,2,7H2,1H3. The molecular weight excluding hydrogens is 190 g/mol. The molecule has 1 aromatic heterocycles. The minimum Gasteiger partial charge on any atom is -0.618 e. The van der Waals surface area contributed by atoms with Gasteiger partial charge in [0, 0.05) is 17.9 Å². The number of hydrogen-bond donors (Lipinski definition) is 0.